The number of aryl methyl sites for hydroxylation is 2. The smallest absolute Gasteiger partial charge is 0.182 e. The molecule has 2 aromatic rings. The molecule has 1 heterocycles. The van der Waals surface area contributed by atoms with Crippen LogP contribution in [0, 0.1) is 19.7 Å². The first-order valence-electron chi connectivity index (χ1n) is 6.15. The van der Waals surface area contributed by atoms with E-state index in [-0.39, 0.29) is 11.2 Å². The Hall–Kier alpha value is -2.10. The molecule has 19 heavy (non-hydrogen) atoms. The van der Waals surface area contributed by atoms with Crippen LogP contribution in [0.1, 0.15) is 18.2 Å². The van der Waals surface area contributed by atoms with Gasteiger partial charge in [0.15, 0.2) is 17.0 Å². The van der Waals surface area contributed by atoms with E-state index < -0.39 is 5.82 Å². The Labute approximate surface area is 111 Å². The number of pyridine rings is 1. The van der Waals surface area contributed by atoms with Crippen LogP contribution in [0.3, 0.4) is 0 Å². The Morgan fingerprint density at radius 1 is 1.21 bits per heavy atom. The number of aromatic nitrogens is 1. The van der Waals surface area contributed by atoms with Gasteiger partial charge in [0.2, 0.25) is 0 Å². The molecular weight excluding hydrogens is 245 g/mol. The lowest BCUT2D eigenvalue weighted by molar-refractivity contribution is 0.322. The maximum Gasteiger partial charge on any atom is 0.182 e. The first kappa shape index (κ1) is 13.3. The van der Waals surface area contributed by atoms with Crippen LogP contribution in [-0.2, 0) is 0 Å². The first-order chi connectivity index (χ1) is 9.01. The third kappa shape index (κ3) is 2.84. The van der Waals surface area contributed by atoms with Gasteiger partial charge in [-0.3, -0.25) is 4.79 Å². The highest BCUT2D eigenvalue weighted by atomic mass is 19.1. The number of hydrogen-bond donors (Lipinski definition) is 1. The molecule has 4 heteroatoms. The molecule has 0 bridgehead atoms. The van der Waals surface area contributed by atoms with Gasteiger partial charge in [-0.25, -0.2) is 4.39 Å². The summed E-state index contributed by atoms with van der Waals surface area (Å²) in [4.78, 5) is 14.5. The van der Waals surface area contributed by atoms with Crippen molar-refractivity contribution in [1.82, 2.24) is 4.98 Å². The lowest BCUT2D eigenvalue weighted by Gasteiger charge is -2.11. The number of benzene rings is 1. The lowest BCUT2D eigenvalue weighted by Crippen LogP contribution is -2.04. The number of hydrogen-bond acceptors (Lipinski definition) is 2. The summed E-state index contributed by atoms with van der Waals surface area (Å²) in [6.45, 7) is 5.82. The van der Waals surface area contributed by atoms with Crippen molar-refractivity contribution in [3.05, 3.63) is 51.6 Å². The van der Waals surface area contributed by atoms with E-state index in [0.717, 1.165) is 5.56 Å². The van der Waals surface area contributed by atoms with E-state index >= 15 is 0 Å². The molecule has 2 rings (SSSR count). The highest BCUT2D eigenvalue weighted by Gasteiger charge is 2.13. The molecule has 0 aliphatic rings. The van der Waals surface area contributed by atoms with Gasteiger partial charge in [0.25, 0.3) is 0 Å². The van der Waals surface area contributed by atoms with Crippen LogP contribution in [0.25, 0.3) is 11.3 Å². The van der Waals surface area contributed by atoms with Gasteiger partial charge in [0.05, 0.1) is 12.3 Å². The quantitative estimate of drug-likeness (QED) is 0.922. The number of aromatic amines is 1. The summed E-state index contributed by atoms with van der Waals surface area (Å²) >= 11 is 0. The fraction of sp³-hybridized carbons (Fsp3) is 0.267. The molecule has 0 saturated carbocycles. The fourth-order valence-corrected chi connectivity index (χ4v) is 2.02. The maximum atomic E-state index is 14.3. The van der Waals surface area contributed by atoms with E-state index in [1.807, 2.05) is 6.92 Å². The van der Waals surface area contributed by atoms with Crippen LogP contribution in [0.2, 0.25) is 0 Å². The number of nitrogens with one attached hydrogen (secondary N) is 1. The van der Waals surface area contributed by atoms with Crippen molar-refractivity contribution < 1.29 is 9.13 Å². The Kier molecular flexibility index (Phi) is 3.69. The highest BCUT2D eigenvalue weighted by molar-refractivity contribution is 5.63. The molecule has 0 aliphatic heterocycles. The molecule has 0 saturated heterocycles. The summed E-state index contributed by atoms with van der Waals surface area (Å²) in [7, 11) is 0. The van der Waals surface area contributed by atoms with E-state index in [1.165, 1.54) is 12.1 Å². The average Bonchev–Trinajstić information content (AvgIpc) is 2.32. The predicted molar refractivity (Wildman–Crippen MR) is 73.1 cm³/mol. The van der Waals surface area contributed by atoms with Crippen molar-refractivity contribution in [3.8, 4) is 17.0 Å². The zero-order chi connectivity index (χ0) is 14.0. The molecule has 1 aromatic carbocycles. The SMILES string of the molecule is CCOc1cc(C)cc(-c2cc(=O)cc(C)[nH]2)c1F. The Balaban J connectivity index is 2.64. The van der Waals surface area contributed by atoms with Gasteiger partial charge in [-0.2, -0.15) is 0 Å². The predicted octanol–water partition coefficient (Wildman–Crippen LogP) is 3.20. The molecule has 0 atom stereocenters. The van der Waals surface area contributed by atoms with Crippen molar-refractivity contribution in [2.45, 2.75) is 20.8 Å². The van der Waals surface area contributed by atoms with Crippen molar-refractivity contribution in [3.63, 3.8) is 0 Å². The highest BCUT2D eigenvalue weighted by Crippen LogP contribution is 2.29. The second-order valence-corrected chi connectivity index (χ2v) is 4.47. The van der Waals surface area contributed by atoms with E-state index in [2.05, 4.69) is 4.98 Å². The van der Waals surface area contributed by atoms with Crippen LogP contribution < -0.4 is 10.2 Å². The number of H-pyrrole nitrogens is 1. The minimum Gasteiger partial charge on any atom is -0.491 e. The third-order valence-corrected chi connectivity index (χ3v) is 2.75. The van der Waals surface area contributed by atoms with Gasteiger partial charge in [0, 0.05) is 23.4 Å². The van der Waals surface area contributed by atoms with Gasteiger partial charge in [0.1, 0.15) is 0 Å². The summed E-state index contributed by atoms with van der Waals surface area (Å²) in [5.41, 5.74) is 2.24. The molecular formula is C15H16FNO2. The van der Waals surface area contributed by atoms with Crippen molar-refractivity contribution in [2.75, 3.05) is 6.61 Å². The number of ether oxygens (including phenoxy) is 1. The first-order valence-corrected chi connectivity index (χ1v) is 6.15. The fourth-order valence-electron chi connectivity index (χ4n) is 2.02. The standard InChI is InChI=1S/C15H16FNO2/c1-4-19-14-6-9(2)5-12(15(14)16)13-8-11(18)7-10(3)17-13/h5-8H,4H2,1-3H3,(H,17,18). The van der Waals surface area contributed by atoms with E-state index in [1.54, 1.807) is 26.0 Å². The van der Waals surface area contributed by atoms with Crippen molar-refractivity contribution in [2.24, 2.45) is 0 Å². The molecule has 1 aromatic heterocycles. The van der Waals surface area contributed by atoms with Crippen LogP contribution in [0.15, 0.2) is 29.1 Å². The van der Waals surface area contributed by atoms with Crippen molar-refractivity contribution in [1.29, 1.82) is 0 Å². The summed E-state index contributed by atoms with van der Waals surface area (Å²) in [6, 6.07) is 6.21. The largest absolute Gasteiger partial charge is 0.491 e. The number of rotatable bonds is 3. The number of halogens is 1. The second-order valence-electron chi connectivity index (χ2n) is 4.47. The third-order valence-electron chi connectivity index (χ3n) is 2.75. The summed E-state index contributed by atoms with van der Waals surface area (Å²) in [5, 5.41) is 0. The average molecular weight is 261 g/mol. The van der Waals surface area contributed by atoms with Gasteiger partial charge in [-0.1, -0.05) is 0 Å². The lowest BCUT2D eigenvalue weighted by atomic mass is 10.1. The minimum atomic E-state index is -0.450. The molecule has 0 aliphatic carbocycles. The zero-order valence-corrected chi connectivity index (χ0v) is 11.2. The summed E-state index contributed by atoms with van der Waals surface area (Å²) in [5.74, 6) is -0.242. The monoisotopic (exact) mass is 261 g/mol. The molecule has 3 nitrogen and oxygen atoms in total. The van der Waals surface area contributed by atoms with Gasteiger partial charge < -0.3 is 9.72 Å². The summed E-state index contributed by atoms with van der Waals surface area (Å²) < 4.78 is 19.6. The maximum absolute atomic E-state index is 14.3. The van der Waals surface area contributed by atoms with E-state index in [4.69, 9.17) is 4.74 Å². The van der Waals surface area contributed by atoms with Crippen LogP contribution in [0.4, 0.5) is 4.39 Å². The van der Waals surface area contributed by atoms with Gasteiger partial charge in [-0.05, 0) is 38.5 Å². The Bertz CT molecular complexity index is 662. The molecule has 100 valence electrons. The van der Waals surface area contributed by atoms with Crippen LogP contribution in [-0.4, -0.2) is 11.6 Å². The topological polar surface area (TPSA) is 42.1 Å². The molecule has 1 N–H and O–H groups in total. The molecule has 0 spiro atoms. The Morgan fingerprint density at radius 3 is 2.58 bits per heavy atom. The minimum absolute atomic E-state index is 0.148. The molecule has 0 radical (unpaired) electrons. The molecule has 0 unspecified atom stereocenters. The van der Waals surface area contributed by atoms with E-state index in [9.17, 15) is 9.18 Å². The van der Waals surface area contributed by atoms with Crippen LogP contribution in [0.5, 0.6) is 5.75 Å². The summed E-state index contributed by atoms with van der Waals surface area (Å²) in [6.07, 6.45) is 0. The van der Waals surface area contributed by atoms with Gasteiger partial charge in [-0.15, -0.1) is 0 Å². The zero-order valence-electron chi connectivity index (χ0n) is 11.2. The van der Waals surface area contributed by atoms with Crippen molar-refractivity contribution >= 4 is 0 Å². The van der Waals surface area contributed by atoms with Gasteiger partial charge >= 0.3 is 0 Å². The second kappa shape index (κ2) is 5.26. The van der Waals surface area contributed by atoms with E-state index in [0.29, 0.717) is 23.6 Å². The molecule has 0 amide bonds. The normalized spacial score (nSPS) is 10.5. The van der Waals surface area contributed by atoms with Crippen LogP contribution >= 0.6 is 0 Å². The Morgan fingerprint density at radius 2 is 1.95 bits per heavy atom. The molecule has 0 fully saturated rings.